The van der Waals surface area contributed by atoms with Crippen molar-refractivity contribution in [1.82, 2.24) is 9.78 Å². The van der Waals surface area contributed by atoms with E-state index in [-0.39, 0.29) is 0 Å². The van der Waals surface area contributed by atoms with Crippen molar-refractivity contribution in [2.24, 2.45) is 5.73 Å². The van der Waals surface area contributed by atoms with Crippen LogP contribution in [0.25, 0.3) is 0 Å². The third kappa shape index (κ3) is 2.31. The van der Waals surface area contributed by atoms with E-state index in [1.807, 2.05) is 6.20 Å². The number of hydrogen-bond donors (Lipinski definition) is 1. The highest BCUT2D eigenvalue weighted by molar-refractivity contribution is 5.07. The SMILES string of the molecule is CC(CCN)c1ccnn1C(C)C. The van der Waals surface area contributed by atoms with Gasteiger partial charge >= 0.3 is 0 Å². The summed E-state index contributed by atoms with van der Waals surface area (Å²) >= 11 is 0. The molecule has 2 N–H and O–H groups in total. The first-order valence-corrected chi connectivity index (χ1v) is 4.90. The molecule has 0 aliphatic heterocycles. The van der Waals surface area contributed by atoms with E-state index in [9.17, 15) is 0 Å². The fraction of sp³-hybridized carbons (Fsp3) is 0.700. The van der Waals surface area contributed by atoms with Gasteiger partial charge in [-0.15, -0.1) is 0 Å². The molecule has 1 aromatic rings. The lowest BCUT2D eigenvalue weighted by atomic mass is 10.0. The molecule has 0 aliphatic carbocycles. The summed E-state index contributed by atoms with van der Waals surface area (Å²) < 4.78 is 2.07. The first-order chi connectivity index (χ1) is 6.16. The first kappa shape index (κ1) is 10.3. The van der Waals surface area contributed by atoms with Gasteiger partial charge in [-0.3, -0.25) is 4.68 Å². The summed E-state index contributed by atoms with van der Waals surface area (Å²) in [5.41, 5.74) is 6.82. The van der Waals surface area contributed by atoms with Gasteiger partial charge in [0.05, 0.1) is 0 Å². The van der Waals surface area contributed by atoms with Crippen LogP contribution in [0, 0.1) is 0 Å². The van der Waals surface area contributed by atoms with Gasteiger partial charge in [0.1, 0.15) is 0 Å². The van der Waals surface area contributed by atoms with Crippen molar-refractivity contribution in [3.05, 3.63) is 18.0 Å². The van der Waals surface area contributed by atoms with Crippen LogP contribution in [-0.2, 0) is 0 Å². The van der Waals surface area contributed by atoms with Gasteiger partial charge in [-0.05, 0) is 38.8 Å². The van der Waals surface area contributed by atoms with Gasteiger partial charge in [-0.25, -0.2) is 0 Å². The lowest BCUT2D eigenvalue weighted by molar-refractivity contribution is 0.484. The minimum Gasteiger partial charge on any atom is -0.330 e. The smallest absolute Gasteiger partial charge is 0.0492 e. The second kappa shape index (κ2) is 4.42. The third-order valence-electron chi connectivity index (χ3n) is 2.29. The zero-order chi connectivity index (χ0) is 9.84. The van der Waals surface area contributed by atoms with Gasteiger partial charge in [-0.1, -0.05) is 6.92 Å². The Morgan fingerprint density at radius 2 is 2.15 bits per heavy atom. The Hall–Kier alpha value is -0.830. The van der Waals surface area contributed by atoms with Crippen LogP contribution < -0.4 is 5.73 Å². The van der Waals surface area contributed by atoms with Crippen molar-refractivity contribution in [3.63, 3.8) is 0 Å². The van der Waals surface area contributed by atoms with Crippen molar-refractivity contribution < 1.29 is 0 Å². The van der Waals surface area contributed by atoms with Crippen molar-refractivity contribution >= 4 is 0 Å². The summed E-state index contributed by atoms with van der Waals surface area (Å²) in [5, 5.41) is 4.29. The predicted molar refractivity (Wildman–Crippen MR) is 54.7 cm³/mol. The highest BCUT2D eigenvalue weighted by Crippen LogP contribution is 2.20. The summed E-state index contributed by atoms with van der Waals surface area (Å²) in [5.74, 6) is 0.509. The van der Waals surface area contributed by atoms with Crippen LogP contribution in [0.5, 0.6) is 0 Å². The van der Waals surface area contributed by atoms with Crippen molar-refractivity contribution in [3.8, 4) is 0 Å². The highest BCUT2D eigenvalue weighted by Gasteiger charge is 2.11. The van der Waals surface area contributed by atoms with Gasteiger partial charge in [0.2, 0.25) is 0 Å². The predicted octanol–water partition coefficient (Wildman–Crippen LogP) is 1.92. The second-order valence-electron chi connectivity index (χ2n) is 3.77. The van der Waals surface area contributed by atoms with Gasteiger partial charge in [-0.2, -0.15) is 5.10 Å². The minimum absolute atomic E-state index is 0.435. The molecular formula is C10H19N3. The summed E-state index contributed by atoms with van der Waals surface area (Å²) in [4.78, 5) is 0. The van der Waals surface area contributed by atoms with Gasteiger partial charge in [0.15, 0.2) is 0 Å². The Labute approximate surface area is 79.9 Å². The zero-order valence-corrected chi connectivity index (χ0v) is 8.70. The average Bonchev–Trinajstić information content (AvgIpc) is 2.52. The van der Waals surface area contributed by atoms with Gasteiger partial charge in [0, 0.05) is 17.9 Å². The van der Waals surface area contributed by atoms with Crippen LogP contribution >= 0.6 is 0 Å². The standard InChI is InChI=1S/C10H19N3/c1-8(2)13-10(5-7-12-13)9(3)4-6-11/h5,7-9H,4,6,11H2,1-3H3. The molecule has 0 aliphatic rings. The Kier molecular flexibility index (Phi) is 3.48. The monoisotopic (exact) mass is 181 g/mol. The Morgan fingerprint density at radius 1 is 1.46 bits per heavy atom. The quantitative estimate of drug-likeness (QED) is 0.771. The van der Waals surface area contributed by atoms with Crippen LogP contribution in [0.2, 0.25) is 0 Å². The number of nitrogens with zero attached hydrogens (tertiary/aromatic N) is 2. The first-order valence-electron chi connectivity index (χ1n) is 4.90. The normalized spacial score (nSPS) is 13.6. The second-order valence-corrected chi connectivity index (χ2v) is 3.77. The molecule has 13 heavy (non-hydrogen) atoms. The topological polar surface area (TPSA) is 43.8 Å². The van der Waals surface area contributed by atoms with Crippen molar-refractivity contribution in [1.29, 1.82) is 0 Å². The molecule has 1 unspecified atom stereocenters. The summed E-state index contributed by atoms with van der Waals surface area (Å²) in [6, 6.07) is 2.52. The maximum atomic E-state index is 5.53. The Morgan fingerprint density at radius 3 is 2.69 bits per heavy atom. The van der Waals surface area contributed by atoms with Crippen molar-refractivity contribution in [2.75, 3.05) is 6.54 Å². The highest BCUT2D eigenvalue weighted by atomic mass is 15.3. The van der Waals surface area contributed by atoms with E-state index in [1.165, 1.54) is 5.69 Å². The third-order valence-corrected chi connectivity index (χ3v) is 2.29. The molecule has 0 saturated heterocycles. The molecule has 0 bridgehead atoms. The lowest BCUT2D eigenvalue weighted by Gasteiger charge is -2.15. The summed E-state index contributed by atoms with van der Waals surface area (Å²) in [7, 11) is 0. The van der Waals surface area contributed by atoms with Crippen molar-refractivity contribution in [2.45, 2.75) is 39.2 Å². The van der Waals surface area contributed by atoms with Crippen LogP contribution in [0.1, 0.15) is 44.8 Å². The van der Waals surface area contributed by atoms with E-state index in [1.54, 1.807) is 0 Å². The molecule has 3 nitrogen and oxygen atoms in total. The number of aromatic nitrogens is 2. The van der Waals surface area contributed by atoms with E-state index >= 15 is 0 Å². The molecule has 0 aromatic carbocycles. The van der Waals surface area contributed by atoms with E-state index < -0.39 is 0 Å². The summed E-state index contributed by atoms with van der Waals surface area (Å²) in [6.07, 6.45) is 2.89. The Balaban J connectivity index is 2.80. The van der Waals surface area contributed by atoms with Crippen LogP contribution in [0.4, 0.5) is 0 Å². The Bertz CT molecular complexity index is 252. The molecule has 3 heteroatoms. The number of hydrogen-bond acceptors (Lipinski definition) is 2. The maximum Gasteiger partial charge on any atom is 0.0492 e. The molecule has 0 amide bonds. The molecule has 1 atom stereocenters. The fourth-order valence-electron chi connectivity index (χ4n) is 1.54. The summed E-state index contributed by atoms with van der Waals surface area (Å²) in [6.45, 7) is 7.23. The average molecular weight is 181 g/mol. The zero-order valence-electron chi connectivity index (χ0n) is 8.70. The van der Waals surface area contributed by atoms with E-state index in [0.717, 1.165) is 13.0 Å². The number of nitrogens with two attached hydrogens (primary N) is 1. The van der Waals surface area contributed by atoms with Crippen LogP contribution in [0.3, 0.4) is 0 Å². The van der Waals surface area contributed by atoms with E-state index in [2.05, 4.69) is 36.6 Å². The fourth-order valence-corrected chi connectivity index (χ4v) is 1.54. The van der Waals surface area contributed by atoms with E-state index in [0.29, 0.717) is 12.0 Å². The minimum atomic E-state index is 0.435. The molecule has 0 radical (unpaired) electrons. The molecule has 0 spiro atoms. The number of rotatable bonds is 4. The molecule has 0 saturated carbocycles. The largest absolute Gasteiger partial charge is 0.330 e. The maximum absolute atomic E-state index is 5.53. The molecule has 1 rings (SSSR count). The molecule has 74 valence electrons. The molecule has 1 aromatic heterocycles. The van der Waals surface area contributed by atoms with Crippen LogP contribution in [0.15, 0.2) is 12.3 Å². The van der Waals surface area contributed by atoms with Crippen LogP contribution in [-0.4, -0.2) is 16.3 Å². The van der Waals surface area contributed by atoms with Gasteiger partial charge in [0.25, 0.3) is 0 Å². The van der Waals surface area contributed by atoms with E-state index in [4.69, 9.17) is 5.73 Å². The molecule has 1 heterocycles. The lowest BCUT2D eigenvalue weighted by Crippen LogP contribution is -2.12. The molecular weight excluding hydrogens is 162 g/mol. The molecule has 0 fully saturated rings. The van der Waals surface area contributed by atoms with Gasteiger partial charge < -0.3 is 5.73 Å².